The molecule has 1 rings (SSSR count). The van der Waals surface area contributed by atoms with Gasteiger partial charge in [-0.15, -0.1) is 0 Å². The highest BCUT2D eigenvalue weighted by Crippen LogP contribution is 2.17. The molecule has 0 radical (unpaired) electrons. The molecule has 0 aliphatic heterocycles. The largest absolute Gasteiger partial charge is 0.312 e. The number of benzene rings is 1. The van der Waals surface area contributed by atoms with Gasteiger partial charge in [-0.2, -0.15) is 0 Å². The Morgan fingerprint density at radius 2 is 2.00 bits per heavy atom. The lowest BCUT2D eigenvalue weighted by molar-refractivity contribution is -0.117. The molecule has 4 heteroatoms. The van der Waals surface area contributed by atoms with Gasteiger partial charge in [0.25, 0.3) is 0 Å². The summed E-state index contributed by atoms with van der Waals surface area (Å²) < 4.78 is 12.7. The number of rotatable bonds is 3. The van der Waals surface area contributed by atoms with Crippen molar-refractivity contribution in [2.45, 2.75) is 18.7 Å². The maximum atomic E-state index is 12.7. The number of amides is 1. The number of hydrogen-bond acceptors (Lipinski definition) is 1. The van der Waals surface area contributed by atoms with E-state index in [1.807, 2.05) is 6.92 Å². The summed E-state index contributed by atoms with van der Waals surface area (Å²) in [5, 5.41) is 0. The minimum Gasteiger partial charge on any atom is -0.312 e. The summed E-state index contributed by atoms with van der Waals surface area (Å²) in [4.78, 5) is 13.1. The van der Waals surface area contributed by atoms with Crippen LogP contribution in [0.2, 0.25) is 0 Å². The second-order valence-electron chi connectivity index (χ2n) is 3.17. The van der Waals surface area contributed by atoms with Gasteiger partial charge in [0.05, 0.1) is 4.83 Å². The molecule has 0 saturated carbocycles. The van der Waals surface area contributed by atoms with E-state index in [-0.39, 0.29) is 16.6 Å². The number of carbonyl (C=O) groups excluding carboxylic acids is 1. The lowest BCUT2D eigenvalue weighted by Crippen LogP contribution is -2.35. The number of anilines is 1. The van der Waals surface area contributed by atoms with E-state index in [1.165, 1.54) is 12.1 Å². The first-order valence-electron chi connectivity index (χ1n) is 4.77. The van der Waals surface area contributed by atoms with E-state index >= 15 is 0 Å². The molecule has 2 nitrogen and oxygen atoms in total. The molecule has 0 aliphatic carbocycles. The Morgan fingerprint density at radius 1 is 1.47 bits per heavy atom. The summed E-state index contributed by atoms with van der Waals surface area (Å²) in [6, 6.07) is 5.91. The van der Waals surface area contributed by atoms with Gasteiger partial charge in [-0.1, -0.05) is 15.9 Å². The Balaban J connectivity index is 2.92. The van der Waals surface area contributed by atoms with E-state index in [4.69, 9.17) is 0 Å². The second kappa shape index (κ2) is 5.26. The van der Waals surface area contributed by atoms with Crippen LogP contribution in [0.1, 0.15) is 13.8 Å². The van der Waals surface area contributed by atoms with Crippen LogP contribution in [0.25, 0.3) is 0 Å². The zero-order valence-corrected chi connectivity index (χ0v) is 10.3. The number of halogens is 2. The van der Waals surface area contributed by atoms with Crippen LogP contribution in [0.5, 0.6) is 0 Å². The van der Waals surface area contributed by atoms with E-state index in [2.05, 4.69) is 15.9 Å². The first-order chi connectivity index (χ1) is 7.06. The average molecular weight is 274 g/mol. The van der Waals surface area contributed by atoms with Gasteiger partial charge in [0, 0.05) is 12.2 Å². The van der Waals surface area contributed by atoms with Crippen molar-refractivity contribution in [3.8, 4) is 0 Å². The molecule has 82 valence electrons. The molecule has 0 aliphatic rings. The highest BCUT2D eigenvalue weighted by atomic mass is 79.9. The minimum atomic E-state index is -0.297. The van der Waals surface area contributed by atoms with Crippen LogP contribution >= 0.6 is 15.9 Å². The first-order valence-corrected chi connectivity index (χ1v) is 5.68. The number of hydrogen-bond donors (Lipinski definition) is 0. The monoisotopic (exact) mass is 273 g/mol. The van der Waals surface area contributed by atoms with Crippen molar-refractivity contribution in [1.29, 1.82) is 0 Å². The van der Waals surface area contributed by atoms with Gasteiger partial charge in [-0.3, -0.25) is 4.79 Å². The van der Waals surface area contributed by atoms with Gasteiger partial charge in [-0.05, 0) is 38.1 Å². The molecule has 0 saturated heterocycles. The fourth-order valence-corrected chi connectivity index (χ4v) is 1.55. The topological polar surface area (TPSA) is 20.3 Å². The van der Waals surface area contributed by atoms with E-state index in [0.717, 1.165) is 5.69 Å². The lowest BCUT2D eigenvalue weighted by Gasteiger charge is -2.22. The van der Waals surface area contributed by atoms with Crippen molar-refractivity contribution < 1.29 is 9.18 Å². The van der Waals surface area contributed by atoms with Gasteiger partial charge >= 0.3 is 0 Å². The Bertz CT molecular complexity index is 337. The summed E-state index contributed by atoms with van der Waals surface area (Å²) in [6.45, 7) is 4.23. The third kappa shape index (κ3) is 3.02. The number of carbonyl (C=O) groups is 1. The van der Waals surface area contributed by atoms with Gasteiger partial charge in [0.1, 0.15) is 5.82 Å². The summed E-state index contributed by atoms with van der Waals surface area (Å²) in [5.74, 6) is -0.321. The third-order valence-corrected chi connectivity index (χ3v) is 2.45. The van der Waals surface area contributed by atoms with Gasteiger partial charge < -0.3 is 4.90 Å². The summed E-state index contributed by atoms with van der Waals surface area (Å²) in [7, 11) is 0. The van der Waals surface area contributed by atoms with Crippen LogP contribution in [-0.4, -0.2) is 17.3 Å². The molecule has 0 N–H and O–H groups in total. The lowest BCUT2D eigenvalue weighted by atomic mass is 10.2. The summed E-state index contributed by atoms with van der Waals surface area (Å²) in [6.07, 6.45) is 0. The highest BCUT2D eigenvalue weighted by molar-refractivity contribution is 9.10. The van der Waals surface area contributed by atoms with Crippen LogP contribution in [0.3, 0.4) is 0 Å². The maximum Gasteiger partial charge on any atom is 0.240 e. The van der Waals surface area contributed by atoms with Crippen LogP contribution < -0.4 is 4.90 Å². The normalized spacial score (nSPS) is 12.3. The molecule has 0 heterocycles. The second-order valence-corrected chi connectivity index (χ2v) is 4.55. The fraction of sp³-hybridized carbons (Fsp3) is 0.364. The van der Waals surface area contributed by atoms with Crippen molar-refractivity contribution in [3.63, 3.8) is 0 Å². The van der Waals surface area contributed by atoms with Gasteiger partial charge in [-0.25, -0.2) is 4.39 Å². The zero-order valence-electron chi connectivity index (χ0n) is 8.71. The standard InChI is InChI=1S/C11H13BrFNO/c1-3-14(11(15)8(2)12)10-6-4-9(13)5-7-10/h4-8H,3H2,1-2H3. The van der Waals surface area contributed by atoms with Crippen LogP contribution in [0, 0.1) is 5.82 Å². The highest BCUT2D eigenvalue weighted by Gasteiger charge is 2.17. The molecule has 1 amide bonds. The quantitative estimate of drug-likeness (QED) is 0.776. The average Bonchev–Trinajstić information content (AvgIpc) is 2.21. The Hall–Kier alpha value is -0.900. The van der Waals surface area contributed by atoms with Crippen LogP contribution in [-0.2, 0) is 4.79 Å². The van der Waals surface area contributed by atoms with E-state index in [0.29, 0.717) is 6.54 Å². The Labute approximate surface area is 97.2 Å². The van der Waals surface area contributed by atoms with Crippen LogP contribution in [0.15, 0.2) is 24.3 Å². The Morgan fingerprint density at radius 3 is 2.40 bits per heavy atom. The predicted molar refractivity (Wildman–Crippen MR) is 62.8 cm³/mol. The third-order valence-electron chi connectivity index (χ3n) is 2.06. The van der Waals surface area contributed by atoms with Crippen molar-refractivity contribution in [1.82, 2.24) is 0 Å². The van der Waals surface area contributed by atoms with Crippen molar-refractivity contribution in [2.75, 3.05) is 11.4 Å². The summed E-state index contributed by atoms with van der Waals surface area (Å²) >= 11 is 3.23. The molecule has 0 aromatic heterocycles. The molecule has 0 spiro atoms. The van der Waals surface area contributed by atoms with E-state index in [9.17, 15) is 9.18 Å². The van der Waals surface area contributed by atoms with Crippen molar-refractivity contribution >= 4 is 27.5 Å². The zero-order chi connectivity index (χ0) is 11.4. The smallest absolute Gasteiger partial charge is 0.240 e. The fourth-order valence-electron chi connectivity index (χ4n) is 1.30. The molecule has 15 heavy (non-hydrogen) atoms. The maximum absolute atomic E-state index is 12.7. The molecule has 0 fully saturated rings. The minimum absolute atomic E-state index is 0.0240. The van der Waals surface area contributed by atoms with E-state index in [1.54, 1.807) is 24.0 Å². The van der Waals surface area contributed by atoms with E-state index < -0.39 is 0 Å². The molecule has 1 aromatic carbocycles. The molecule has 0 bridgehead atoms. The van der Waals surface area contributed by atoms with Gasteiger partial charge in [0.15, 0.2) is 0 Å². The van der Waals surface area contributed by atoms with Gasteiger partial charge in [0.2, 0.25) is 5.91 Å². The van der Waals surface area contributed by atoms with Crippen molar-refractivity contribution in [3.05, 3.63) is 30.1 Å². The van der Waals surface area contributed by atoms with Crippen LogP contribution in [0.4, 0.5) is 10.1 Å². The predicted octanol–water partition coefficient (Wildman–Crippen LogP) is 2.96. The SMILES string of the molecule is CCN(C(=O)C(C)Br)c1ccc(F)cc1. The van der Waals surface area contributed by atoms with Crippen molar-refractivity contribution in [2.24, 2.45) is 0 Å². The molecular formula is C11H13BrFNO. The molecule has 1 aromatic rings. The molecule has 1 atom stereocenters. The number of alkyl halides is 1. The molecule has 1 unspecified atom stereocenters. The Kier molecular flexibility index (Phi) is 4.27. The first kappa shape index (κ1) is 12.2. The molecular weight excluding hydrogens is 261 g/mol. The summed E-state index contributed by atoms with van der Waals surface area (Å²) in [5.41, 5.74) is 0.718. The number of nitrogens with zero attached hydrogens (tertiary/aromatic N) is 1.